The van der Waals surface area contributed by atoms with Gasteiger partial charge < -0.3 is 4.90 Å². The number of amides is 1. The number of nitro benzene ring substituents is 1. The van der Waals surface area contributed by atoms with Gasteiger partial charge in [0.25, 0.3) is 5.69 Å². The van der Waals surface area contributed by atoms with Crippen molar-refractivity contribution in [3.8, 4) is 0 Å². The molecule has 0 spiro atoms. The summed E-state index contributed by atoms with van der Waals surface area (Å²) >= 11 is 4.96. The van der Waals surface area contributed by atoms with Gasteiger partial charge in [-0.15, -0.1) is 11.3 Å². The van der Waals surface area contributed by atoms with Gasteiger partial charge in [-0.1, -0.05) is 12.1 Å². The zero-order valence-corrected chi connectivity index (χ0v) is 13.7. The highest BCUT2D eigenvalue weighted by molar-refractivity contribution is 9.10. The van der Waals surface area contributed by atoms with Gasteiger partial charge >= 0.3 is 0 Å². The van der Waals surface area contributed by atoms with E-state index in [9.17, 15) is 14.9 Å². The molecule has 1 heterocycles. The van der Waals surface area contributed by atoms with Crippen molar-refractivity contribution in [2.24, 2.45) is 0 Å². The van der Waals surface area contributed by atoms with Crippen LogP contribution in [0.15, 0.2) is 40.2 Å². The summed E-state index contributed by atoms with van der Waals surface area (Å²) in [5.74, 6) is -0.0694. The average Bonchev–Trinajstić information content (AvgIpc) is 2.84. The molecule has 0 aliphatic rings. The molecule has 1 aromatic heterocycles. The van der Waals surface area contributed by atoms with Crippen molar-refractivity contribution in [2.45, 2.75) is 13.0 Å². The number of benzene rings is 1. The second kappa shape index (κ2) is 6.82. The number of nitrogens with zero attached hydrogens (tertiary/aromatic N) is 2. The zero-order chi connectivity index (χ0) is 15.4. The Morgan fingerprint density at radius 2 is 2.19 bits per heavy atom. The second-order valence-electron chi connectivity index (χ2n) is 4.58. The zero-order valence-electron chi connectivity index (χ0n) is 11.3. The summed E-state index contributed by atoms with van der Waals surface area (Å²) in [6, 6.07) is 8.15. The van der Waals surface area contributed by atoms with Gasteiger partial charge in [0.2, 0.25) is 5.91 Å². The van der Waals surface area contributed by atoms with E-state index in [1.807, 2.05) is 11.4 Å². The predicted octanol–water partition coefficient (Wildman–Crippen LogP) is 3.62. The molecule has 0 saturated carbocycles. The normalized spacial score (nSPS) is 10.4. The van der Waals surface area contributed by atoms with Crippen molar-refractivity contribution < 1.29 is 9.72 Å². The number of rotatable bonds is 5. The topological polar surface area (TPSA) is 63.5 Å². The molecule has 0 saturated heterocycles. The molecule has 110 valence electrons. The van der Waals surface area contributed by atoms with Crippen LogP contribution in [-0.4, -0.2) is 22.8 Å². The molecule has 0 aliphatic carbocycles. The fraction of sp³-hybridized carbons (Fsp3) is 0.214. The number of carbonyl (C=O) groups excluding carboxylic acids is 1. The Morgan fingerprint density at radius 3 is 2.81 bits per heavy atom. The maximum atomic E-state index is 12.2. The second-order valence-corrected chi connectivity index (χ2v) is 6.50. The van der Waals surface area contributed by atoms with Crippen molar-refractivity contribution in [3.63, 3.8) is 0 Å². The minimum atomic E-state index is -0.457. The van der Waals surface area contributed by atoms with Crippen LogP contribution >= 0.6 is 27.3 Å². The van der Waals surface area contributed by atoms with E-state index in [0.29, 0.717) is 12.1 Å². The first-order valence-corrected chi connectivity index (χ1v) is 7.83. The third-order valence-corrected chi connectivity index (χ3v) is 4.60. The molecule has 1 amide bonds. The van der Waals surface area contributed by atoms with Crippen LogP contribution in [0.5, 0.6) is 0 Å². The predicted molar refractivity (Wildman–Crippen MR) is 85.3 cm³/mol. The van der Waals surface area contributed by atoms with Crippen LogP contribution in [0, 0.1) is 10.1 Å². The van der Waals surface area contributed by atoms with Crippen molar-refractivity contribution in [1.29, 1.82) is 0 Å². The number of thiophene rings is 1. The Labute approximate surface area is 134 Å². The highest BCUT2D eigenvalue weighted by atomic mass is 79.9. The van der Waals surface area contributed by atoms with Crippen LogP contribution in [0.4, 0.5) is 5.69 Å². The molecule has 0 unspecified atom stereocenters. The molecule has 1 aromatic carbocycles. The Kier molecular flexibility index (Phi) is 5.08. The minimum absolute atomic E-state index is 0.00476. The van der Waals surface area contributed by atoms with Crippen LogP contribution < -0.4 is 0 Å². The van der Waals surface area contributed by atoms with Gasteiger partial charge in [-0.05, 0) is 27.6 Å². The van der Waals surface area contributed by atoms with E-state index in [0.717, 1.165) is 9.35 Å². The highest BCUT2D eigenvalue weighted by Crippen LogP contribution is 2.21. The van der Waals surface area contributed by atoms with Gasteiger partial charge in [0, 0.05) is 33.9 Å². The standard InChI is InChI=1S/C14H13BrN2O3S/c1-16(8-13-7-11(15)9-21-13)14(18)6-10-3-2-4-12(5-10)17(19)20/h2-5,7,9H,6,8H2,1H3. The van der Waals surface area contributed by atoms with Gasteiger partial charge in [-0.25, -0.2) is 0 Å². The molecule has 7 heteroatoms. The number of hydrogen-bond acceptors (Lipinski definition) is 4. The highest BCUT2D eigenvalue weighted by Gasteiger charge is 2.13. The Balaban J connectivity index is 2.00. The van der Waals surface area contributed by atoms with E-state index in [-0.39, 0.29) is 18.0 Å². The number of non-ortho nitro benzene ring substituents is 1. The van der Waals surface area contributed by atoms with Crippen LogP contribution in [-0.2, 0) is 17.8 Å². The van der Waals surface area contributed by atoms with Crippen molar-refractivity contribution in [3.05, 3.63) is 60.7 Å². The van der Waals surface area contributed by atoms with E-state index >= 15 is 0 Å². The lowest BCUT2D eigenvalue weighted by Crippen LogP contribution is -2.27. The molecular formula is C14H13BrN2O3S. The van der Waals surface area contributed by atoms with E-state index in [2.05, 4.69) is 15.9 Å². The van der Waals surface area contributed by atoms with E-state index in [4.69, 9.17) is 0 Å². The molecule has 21 heavy (non-hydrogen) atoms. The third-order valence-electron chi connectivity index (χ3n) is 2.92. The maximum Gasteiger partial charge on any atom is 0.269 e. The molecule has 0 bridgehead atoms. The fourth-order valence-electron chi connectivity index (χ4n) is 1.85. The molecular weight excluding hydrogens is 356 g/mol. The molecule has 0 fully saturated rings. The van der Waals surface area contributed by atoms with E-state index < -0.39 is 4.92 Å². The average molecular weight is 369 g/mol. The Morgan fingerprint density at radius 1 is 1.43 bits per heavy atom. The lowest BCUT2D eigenvalue weighted by Gasteiger charge is -2.16. The number of carbonyl (C=O) groups is 1. The van der Waals surface area contributed by atoms with Crippen LogP contribution in [0.1, 0.15) is 10.4 Å². The fourth-order valence-corrected chi connectivity index (χ4v) is 3.35. The largest absolute Gasteiger partial charge is 0.340 e. The van der Waals surface area contributed by atoms with Crippen molar-refractivity contribution in [2.75, 3.05) is 7.05 Å². The monoisotopic (exact) mass is 368 g/mol. The van der Waals surface area contributed by atoms with Gasteiger partial charge in [0.05, 0.1) is 17.9 Å². The van der Waals surface area contributed by atoms with Crippen molar-refractivity contribution in [1.82, 2.24) is 4.90 Å². The first kappa shape index (κ1) is 15.7. The summed E-state index contributed by atoms with van der Waals surface area (Å²) in [6.07, 6.45) is 0.157. The van der Waals surface area contributed by atoms with Gasteiger partial charge in [-0.3, -0.25) is 14.9 Å². The van der Waals surface area contributed by atoms with E-state index in [1.165, 1.54) is 12.1 Å². The molecule has 2 rings (SSSR count). The molecule has 0 atom stereocenters. The number of hydrogen-bond donors (Lipinski definition) is 0. The summed E-state index contributed by atoms with van der Waals surface area (Å²) in [5.41, 5.74) is 0.651. The summed E-state index contributed by atoms with van der Waals surface area (Å²) in [5, 5.41) is 12.7. The number of nitro groups is 1. The summed E-state index contributed by atoms with van der Waals surface area (Å²) < 4.78 is 1.00. The Hall–Kier alpha value is -1.73. The van der Waals surface area contributed by atoms with Crippen LogP contribution in [0.3, 0.4) is 0 Å². The summed E-state index contributed by atoms with van der Waals surface area (Å²) in [7, 11) is 1.73. The van der Waals surface area contributed by atoms with Crippen molar-refractivity contribution >= 4 is 38.9 Å². The third kappa shape index (κ3) is 4.37. The molecule has 0 N–H and O–H groups in total. The van der Waals surface area contributed by atoms with Gasteiger partial charge in [0.1, 0.15) is 0 Å². The quantitative estimate of drug-likeness (QED) is 0.597. The molecule has 5 nitrogen and oxygen atoms in total. The lowest BCUT2D eigenvalue weighted by atomic mass is 10.1. The molecule has 0 aliphatic heterocycles. The smallest absolute Gasteiger partial charge is 0.269 e. The summed E-state index contributed by atoms with van der Waals surface area (Å²) in [4.78, 5) is 25.1. The van der Waals surface area contributed by atoms with Crippen LogP contribution in [0.2, 0.25) is 0 Å². The van der Waals surface area contributed by atoms with Crippen LogP contribution in [0.25, 0.3) is 0 Å². The first-order chi connectivity index (χ1) is 9.95. The Bertz CT molecular complexity index is 672. The number of likely N-dealkylation sites (N-methyl/N-ethyl adjacent to an activating group) is 1. The summed E-state index contributed by atoms with van der Waals surface area (Å²) in [6.45, 7) is 0.532. The SMILES string of the molecule is CN(Cc1cc(Br)cs1)C(=O)Cc1cccc([N+](=O)[O-])c1. The number of halogens is 1. The first-order valence-electron chi connectivity index (χ1n) is 6.16. The molecule has 2 aromatic rings. The minimum Gasteiger partial charge on any atom is -0.340 e. The maximum absolute atomic E-state index is 12.2. The lowest BCUT2D eigenvalue weighted by molar-refractivity contribution is -0.384. The molecule has 0 radical (unpaired) electrons. The van der Waals surface area contributed by atoms with E-state index in [1.54, 1.807) is 35.4 Å². The van der Waals surface area contributed by atoms with Gasteiger partial charge in [0.15, 0.2) is 0 Å². The van der Waals surface area contributed by atoms with Gasteiger partial charge in [-0.2, -0.15) is 0 Å².